The Kier molecular flexibility index (Phi) is 5.95. The highest BCUT2D eigenvalue weighted by Crippen LogP contribution is 2.22. The molecule has 3 rings (SSSR count). The molecule has 1 amide bonds. The molecule has 1 aliphatic heterocycles. The molecule has 1 aromatic carbocycles. The third-order valence-electron chi connectivity index (χ3n) is 4.85. The number of alkyl carbamates (subject to hydrolysis) is 1. The van der Waals surface area contributed by atoms with Crippen molar-refractivity contribution in [3.05, 3.63) is 39.4 Å². The smallest absolute Gasteiger partial charge is 0.407 e. The highest BCUT2D eigenvalue weighted by Gasteiger charge is 2.29. The molecule has 2 aromatic rings. The first-order valence-electron chi connectivity index (χ1n) is 9.51. The normalized spacial score (nSPS) is 19.0. The molecule has 8 heteroatoms. The molecule has 0 saturated carbocycles. The third kappa shape index (κ3) is 5.23. The number of ether oxygens (including phenoxy) is 1. The zero-order valence-corrected chi connectivity index (χ0v) is 17.5. The largest absolute Gasteiger partial charge is 0.444 e. The Morgan fingerprint density at radius 3 is 2.93 bits per heavy atom. The van der Waals surface area contributed by atoms with Crippen LogP contribution < -0.4 is 10.9 Å². The molecule has 0 aliphatic carbocycles. The summed E-state index contributed by atoms with van der Waals surface area (Å²) in [6.07, 6.45) is 0.572. The van der Waals surface area contributed by atoms with Crippen molar-refractivity contribution in [3.63, 3.8) is 0 Å². The molecule has 1 fully saturated rings. The molecule has 2 atom stereocenters. The lowest BCUT2D eigenvalue weighted by Gasteiger charge is -2.25. The number of amides is 1. The number of aromatic nitrogens is 2. The highest BCUT2D eigenvalue weighted by atomic mass is 35.5. The van der Waals surface area contributed by atoms with E-state index >= 15 is 0 Å². The van der Waals surface area contributed by atoms with Gasteiger partial charge in [-0.2, -0.15) is 0 Å². The number of benzene rings is 1. The predicted molar refractivity (Wildman–Crippen MR) is 110 cm³/mol. The zero-order chi connectivity index (χ0) is 20.5. The number of likely N-dealkylation sites (tertiary alicyclic amines) is 1. The van der Waals surface area contributed by atoms with E-state index in [0.717, 1.165) is 19.5 Å². The number of aromatic amines is 1. The van der Waals surface area contributed by atoms with Gasteiger partial charge in [0.15, 0.2) is 0 Å². The highest BCUT2D eigenvalue weighted by molar-refractivity contribution is 6.31. The maximum absolute atomic E-state index is 12.3. The molecule has 1 aliphatic rings. The number of nitrogens with zero attached hydrogens (tertiary/aromatic N) is 2. The second-order valence-corrected chi connectivity index (χ2v) is 8.83. The summed E-state index contributed by atoms with van der Waals surface area (Å²) >= 11 is 5.96. The SMILES string of the molecule is C[C@H](NC(=O)OC(C)(C)C)[C@@H]1CCN(Cc2nc3ccc(Cl)cc3c(=O)[nH]2)C1. The summed E-state index contributed by atoms with van der Waals surface area (Å²) in [7, 11) is 0. The maximum Gasteiger partial charge on any atom is 0.407 e. The summed E-state index contributed by atoms with van der Waals surface area (Å²) in [5, 5.41) is 3.93. The molecule has 2 N–H and O–H groups in total. The minimum Gasteiger partial charge on any atom is -0.444 e. The number of rotatable bonds is 4. The number of hydrogen-bond donors (Lipinski definition) is 2. The molecule has 0 bridgehead atoms. The van der Waals surface area contributed by atoms with Crippen LogP contribution >= 0.6 is 11.6 Å². The first-order valence-corrected chi connectivity index (χ1v) is 9.89. The monoisotopic (exact) mass is 406 g/mol. The van der Waals surface area contributed by atoms with Gasteiger partial charge in [-0.3, -0.25) is 9.69 Å². The van der Waals surface area contributed by atoms with Gasteiger partial charge in [0, 0.05) is 17.6 Å². The molecule has 28 heavy (non-hydrogen) atoms. The second-order valence-electron chi connectivity index (χ2n) is 8.39. The van der Waals surface area contributed by atoms with E-state index in [4.69, 9.17) is 16.3 Å². The lowest BCUT2D eigenvalue weighted by molar-refractivity contribution is 0.0492. The van der Waals surface area contributed by atoms with Crippen LogP contribution in [-0.4, -0.2) is 45.7 Å². The quantitative estimate of drug-likeness (QED) is 0.813. The number of H-pyrrole nitrogens is 1. The summed E-state index contributed by atoms with van der Waals surface area (Å²) in [5.41, 5.74) is -0.0549. The summed E-state index contributed by atoms with van der Waals surface area (Å²) in [5.74, 6) is 0.951. The van der Waals surface area contributed by atoms with Crippen molar-refractivity contribution in [3.8, 4) is 0 Å². The van der Waals surface area contributed by atoms with Gasteiger partial charge in [0.05, 0.1) is 17.4 Å². The van der Waals surface area contributed by atoms with Crippen LogP contribution in [-0.2, 0) is 11.3 Å². The number of hydrogen-bond acceptors (Lipinski definition) is 5. The number of halogens is 1. The van der Waals surface area contributed by atoms with Gasteiger partial charge in [-0.15, -0.1) is 0 Å². The topological polar surface area (TPSA) is 87.3 Å². The Hall–Kier alpha value is -2.12. The Balaban J connectivity index is 1.60. The van der Waals surface area contributed by atoms with Crippen LogP contribution in [0.4, 0.5) is 4.79 Å². The molecule has 2 heterocycles. The summed E-state index contributed by atoms with van der Waals surface area (Å²) in [6.45, 7) is 9.80. The Morgan fingerprint density at radius 1 is 1.46 bits per heavy atom. The number of carbonyl (C=O) groups is 1. The Labute approximate surface area is 169 Å². The van der Waals surface area contributed by atoms with E-state index < -0.39 is 11.7 Å². The fourth-order valence-corrected chi connectivity index (χ4v) is 3.64. The second kappa shape index (κ2) is 8.09. The molecule has 1 aromatic heterocycles. The summed E-state index contributed by atoms with van der Waals surface area (Å²) in [6, 6.07) is 5.12. The van der Waals surface area contributed by atoms with Crippen molar-refractivity contribution >= 4 is 28.6 Å². The van der Waals surface area contributed by atoms with Crippen molar-refractivity contribution in [1.82, 2.24) is 20.2 Å². The van der Waals surface area contributed by atoms with E-state index in [1.165, 1.54) is 0 Å². The Morgan fingerprint density at radius 2 is 2.21 bits per heavy atom. The van der Waals surface area contributed by atoms with Crippen molar-refractivity contribution < 1.29 is 9.53 Å². The van der Waals surface area contributed by atoms with Crippen LogP contribution in [0.3, 0.4) is 0 Å². The van der Waals surface area contributed by atoms with Crippen molar-refractivity contribution in [1.29, 1.82) is 0 Å². The molecule has 152 valence electrons. The Bertz CT molecular complexity index is 922. The standard InChI is InChI=1S/C20H27ClN4O3/c1-12(22-19(27)28-20(2,3)4)13-7-8-25(10-13)11-17-23-16-6-5-14(21)9-15(16)18(26)24-17/h5-6,9,12-13H,7-8,10-11H2,1-4H3,(H,22,27)(H,23,24,26)/t12-,13+/m0/s1. The molecule has 1 saturated heterocycles. The first-order chi connectivity index (χ1) is 13.1. The van der Waals surface area contributed by atoms with Crippen molar-refractivity contribution in [2.24, 2.45) is 5.92 Å². The maximum atomic E-state index is 12.3. The van der Waals surface area contributed by atoms with Crippen LogP contribution in [0.1, 0.15) is 39.9 Å². The van der Waals surface area contributed by atoms with E-state index in [9.17, 15) is 9.59 Å². The van der Waals surface area contributed by atoms with Gasteiger partial charge >= 0.3 is 6.09 Å². The average molecular weight is 407 g/mol. The molecule has 0 unspecified atom stereocenters. The van der Waals surface area contributed by atoms with E-state index in [1.807, 2.05) is 27.7 Å². The molecular formula is C20H27ClN4O3. The van der Waals surface area contributed by atoms with Crippen LogP contribution in [0.15, 0.2) is 23.0 Å². The summed E-state index contributed by atoms with van der Waals surface area (Å²) < 4.78 is 5.33. The van der Waals surface area contributed by atoms with Crippen LogP contribution in [0, 0.1) is 5.92 Å². The number of fused-ring (bicyclic) bond motifs is 1. The molecule has 0 radical (unpaired) electrons. The fourth-order valence-electron chi connectivity index (χ4n) is 3.47. The molecular weight excluding hydrogens is 380 g/mol. The minimum atomic E-state index is -0.511. The average Bonchev–Trinajstić information content (AvgIpc) is 3.02. The van der Waals surface area contributed by atoms with Gasteiger partial charge < -0.3 is 15.0 Å². The summed E-state index contributed by atoms with van der Waals surface area (Å²) in [4.78, 5) is 33.9. The minimum absolute atomic E-state index is 0.00519. The van der Waals surface area contributed by atoms with Crippen molar-refractivity contribution in [2.75, 3.05) is 13.1 Å². The first kappa shape index (κ1) is 20.6. The molecule has 0 spiro atoms. The van der Waals surface area contributed by atoms with Gasteiger partial charge in [0.2, 0.25) is 0 Å². The predicted octanol–water partition coefficient (Wildman–Crippen LogP) is 3.31. The molecule has 7 nitrogen and oxygen atoms in total. The fraction of sp³-hybridized carbons (Fsp3) is 0.550. The van der Waals surface area contributed by atoms with Gasteiger partial charge in [-0.1, -0.05) is 11.6 Å². The lowest BCUT2D eigenvalue weighted by Crippen LogP contribution is -2.42. The van der Waals surface area contributed by atoms with Gasteiger partial charge in [-0.05, 0) is 64.8 Å². The van der Waals surface area contributed by atoms with Gasteiger partial charge in [0.25, 0.3) is 5.56 Å². The van der Waals surface area contributed by atoms with Crippen LogP contribution in [0.5, 0.6) is 0 Å². The zero-order valence-electron chi connectivity index (χ0n) is 16.7. The van der Waals surface area contributed by atoms with E-state index in [-0.39, 0.29) is 11.6 Å². The number of nitrogens with one attached hydrogen (secondary N) is 2. The van der Waals surface area contributed by atoms with Gasteiger partial charge in [0.1, 0.15) is 11.4 Å². The number of carbonyl (C=O) groups excluding carboxylic acids is 1. The lowest BCUT2D eigenvalue weighted by atomic mass is 10.0. The van der Waals surface area contributed by atoms with Gasteiger partial charge in [-0.25, -0.2) is 9.78 Å². The van der Waals surface area contributed by atoms with Crippen LogP contribution in [0.25, 0.3) is 10.9 Å². The van der Waals surface area contributed by atoms with Crippen molar-refractivity contribution in [2.45, 2.75) is 52.3 Å². The van der Waals surface area contributed by atoms with E-state index in [0.29, 0.717) is 34.2 Å². The van der Waals surface area contributed by atoms with E-state index in [1.54, 1.807) is 18.2 Å². The van der Waals surface area contributed by atoms with Crippen LogP contribution in [0.2, 0.25) is 5.02 Å². The van der Waals surface area contributed by atoms with E-state index in [2.05, 4.69) is 20.2 Å². The third-order valence-corrected chi connectivity index (χ3v) is 5.09.